The van der Waals surface area contributed by atoms with Crippen LogP contribution in [0.25, 0.3) is 0 Å². The molecule has 1 aromatic rings. The molecule has 0 radical (unpaired) electrons. The lowest BCUT2D eigenvalue weighted by molar-refractivity contribution is 0.0266. The molecule has 1 aliphatic rings. The summed E-state index contributed by atoms with van der Waals surface area (Å²) in [7, 11) is 0. The van der Waals surface area contributed by atoms with E-state index in [1.165, 1.54) is 12.1 Å². The number of benzene rings is 1. The number of hydrogen-bond acceptors (Lipinski definition) is 3. The van der Waals surface area contributed by atoms with E-state index in [4.69, 9.17) is 11.6 Å². The Morgan fingerprint density at radius 3 is 2.52 bits per heavy atom. The second-order valence-corrected chi connectivity index (χ2v) is 6.50. The van der Waals surface area contributed by atoms with Crippen LogP contribution in [0.4, 0.5) is 8.78 Å². The SMILES string of the molecule is CC(C)(CO)[C@H](c1c(F)ccc(Cl)c1F)N1CCNCC1. The van der Waals surface area contributed by atoms with E-state index < -0.39 is 23.1 Å². The van der Waals surface area contributed by atoms with Gasteiger partial charge >= 0.3 is 0 Å². The highest BCUT2D eigenvalue weighted by atomic mass is 35.5. The number of piperazine rings is 1. The molecule has 0 unspecified atom stereocenters. The van der Waals surface area contributed by atoms with E-state index in [1.807, 2.05) is 4.90 Å². The maximum atomic E-state index is 14.4. The second kappa shape index (κ2) is 6.57. The third kappa shape index (κ3) is 3.37. The van der Waals surface area contributed by atoms with Gasteiger partial charge in [-0.1, -0.05) is 25.4 Å². The second-order valence-electron chi connectivity index (χ2n) is 6.09. The van der Waals surface area contributed by atoms with E-state index >= 15 is 0 Å². The van der Waals surface area contributed by atoms with Crippen molar-refractivity contribution >= 4 is 11.6 Å². The molecule has 6 heteroatoms. The monoisotopic (exact) mass is 318 g/mol. The molecule has 21 heavy (non-hydrogen) atoms. The number of aliphatic hydroxyl groups is 1. The van der Waals surface area contributed by atoms with Gasteiger partial charge < -0.3 is 10.4 Å². The van der Waals surface area contributed by atoms with Gasteiger partial charge in [-0.05, 0) is 12.1 Å². The van der Waals surface area contributed by atoms with Crippen LogP contribution >= 0.6 is 11.6 Å². The summed E-state index contributed by atoms with van der Waals surface area (Å²) in [5.41, 5.74) is -0.743. The van der Waals surface area contributed by atoms with Crippen LogP contribution in [0.3, 0.4) is 0 Å². The predicted octanol–water partition coefficient (Wildman–Crippen LogP) is 2.58. The zero-order chi connectivity index (χ0) is 15.6. The zero-order valence-corrected chi connectivity index (χ0v) is 13.1. The minimum Gasteiger partial charge on any atom is -0.396 e. The normalized spacial score (nSPS) is 18.8. The van der Waals surface area contributed by atoms with Crippen molar-refractivity contribution in [2.45, 2.75) is 19.9 Å². The molecular formula is C15H21ClF2N2O. The van der Waals surface area contributed by atoms with Crippen molar-refractivity contribution in [1.29, 1.82) is 0 Å². The summed E-state index contributed by atoms with van der Waals surface area (Å²) in [5.74, 6) is -1.36. The molecule has 2 rings (SSSR count). The molecule has 0 saturated carbocycles. The van der Waals surface area contributed by atoms with Crippen LogP contribution in [-0.2, 0) is 0 Å². The highest BCUT2D eigenvalue weighted by molar-refractivity contribution is 6.30. The zero-order valence-electron chi connectivity index (χ0n) is 12.3. The van der Waals surface area contributed by atoms with Gasteiger partial charge in [0, 0.05) is 49.8 Å². The fourth-order valence-corrected chi connectivity index (χ4v) is 3.05. The van der Waals surface area contributed by atoms with Gasteiger partial charge in [-0.3, -0.25) is 4.90 Å². The summed E-state index contributed by atoms with van der Waals surface area (Å²) in [6, 6.07) is 1.84. The topological polar surface area (TPSA) is 35.5 Å². The van der Waals surface area contributed by atoms with Gasteiger partial charge in [0.2, 0.25) is 0 Å². The van der Waals surface area contributed by atoms with E-state index in [9.17, 15) is 13.9 Å². The molecular weight excluding hydrogens is 298 g/mol. The van der Waals surface area contributed by atoms with Crippen LogP contribution in [0.15, 0.2) is 12.1 Å². The molecule has 0 aromatic heterocycles. The molecule has 0 bridgehead atoms. The maximum Gasteiger partial charge on any atom is 0.149 e. The highest BCUT2D eigenvalue weighted by Gasteiger charge is 2.39. The molecule has 1 aromatic carbocycles. The number of nitrogens with zero attached hydrogens (tertiary/aromatic N) is 1. The van der Waals surface area contributed by atoms with Crippen molar-refractivity contribution in [1.82, 2.24) is 10.2 Å². The molecule has 118 valence electrons. The minimum absolute atomic E-state index is 0.0524. The first-order valence-electron chi connectivity index (χ1n) is 7.07. The molecule has 1 fully saturated rings. The Morgan fingerprint density at radius 2 is 1.95 bits per heavy atom. The van der Waals surface area contributed by atoms with Gasteiger partial charge in [-0.2, -0.15) is 0 Å². The minimum atomic E-state index is -0.735. The van der Waals surface area contributed by atoms with E-state index in [0.29, 0.717) is 13.1 Å². The molecule has 1 atom stereocenters. The van der Waals surface area contributed by atoms with E-state index in [-0.39, 0.29) is 17.2 Å². The number of halogens is 3. The largest absolute Gasteiger partial charge is 0.396 e. The Bertz CT molecular complexity index is 505. The number of aliphatic hydroxyl groups excluding tert-OH is 1. The fraction of sp³-hybridized carbons (Fsp3) is 0.600. The summed E-state index contributed by atoms with van der Waals surface area (Å²) >= 11 is 5.83. The van der Waals surface area contributed by atoms with E-state index in [1.54, 1.807) is 13.8 Å². The third-order valence-electron chi connectivity index (χ3n) is 4.02. The summed E-state index contributed by atoms with van der Waals surface area (Å²) in [4.78, 5) is 2.00. The lowest BCUT2D eigenvalue weighted by Gasteiger charge is -2.43. The van der Waals surface area contributed by atoms with Crippen LogP contribution in [-0.4, -0.2) is 42.8 Å². The van der Waals surface area contributed by atoms with Crippen LogP contribution in [0, 0.1) is 17.0 Å². The number of rotatable bonds is 4. The lowest BCUT2D eigenvalue weighted by atomic mass is 9.79. The van der Waals surface area contributed by atoms with Crippen molar-refractivity contribution in [3.8, 4) is 0 Å². The molecule has 1 heterocycles. The average molecular weight is 319 g/mol. The smallest absolute Gasteiger partial charge is 0.149 e. The molecule has 2 N–H and O–H groups in total. The van der Waals surface area contributed by atoms with Gasteiger partial charge in [-0.15, -0.1) is 0 Å². The number of hydrogen-bond donors (Lipinski definition) is 2. The average Bonchev–Trinajstić information content (AvgIpc) is 2.48. The van der Waals surface area contributed by atoms with Crippen molar-refractivity contribution in [3.63, 3.8) is 0 Å². The summed E-state index contributed by atoms with van der Waals surface area (Å²) in [5, 5.41) is 12.8. The van der Waals surface area contributed by atoms with Crippen LogP contribution < -0.4 is 5.32 Å². The van der Waals surface area contributed by atoms with Gasteiger partial charge in [0.05, 0.1) is 5.02 Å². The first kappa shape index (κ1) is 16.6. The highest BCUT2D eigenvalue weighted by Crippen LogP contribution is 2.41. The quantitative estimate of drug-likeness (QED) is 0.838. The third-order valence-corrected chi connectivity index (χ3v) is 4.31. The molecule has 1 aliphatic heterocycles. The Morgan fingerprint density at radius 1 is 1.33 bits per heavy atom. The Balaban J connectivity index is 2.52. The first-order chi connectivity index (χ1) is 9.88. The molecule has 0 spiro atoms. The van der Waals surface area contributed by atoms with Gasteiger partial charge in [0.25, 0.3) is 0 Å². The fourth-order valence-electron chi connectivity index (χ4n) is 2.89. The van der Waals surface area contributed by atoms with E-state index in [0.717, 1.165) is 13.1 Å². The standard InChI is InChI=1S/C15H21ClF2N2O/c1-15(2,9-21)14(20-7-5-19-6-8-20)12-11(17)4-3-10(16)13(12)18/h3-4,14,19,21H,5-9H2,1-2H3/t14-/m0/s1. The summed E-state index contributed by atoms with van der Waals surface area (Å²) in [6.45, 7) is 6.27. The molecule has 3 nitrogen and oxygen atoms in total. The Labute approximate surface area is 128 Å². The van der Waals surface area contributed by atoms with Crippen molar-refractivity contribution in [2.75, 3.05) is 32.8 Å². The van der Waals surface area contributed by atoms with Gasteiger partial charge in [0.15, 0.2) is 0 Å². The lowest BCUT2D eigenvalue weighted by Crippen LogP contribution is -2.50. The Hall–Kier alpha value is -0.750. The van der Waals surface area contributed by atoms with Crippen LogP contribution in [0.1, 0.15) is 25.5 Å². The maximum absolute atomic E-state index is 14.4. The number of nitrogens with one attached hydrogen (secondary N) is 1. The van der Waals surface area contributed by atoms with Crippen molar-refractivity contribution < 1.29 is 13.9 Å². The van der Waals surface area contributed by atoms with Crippen LogP contribution in [0.5, 0.6) is 0 Å². The van der Waals surface area contributed by atoms with Gasteiger partial charge in [0.1, 0.15) is 11.6 Å². The van der Waals surface area contributed by atoms with E-state index in [2.05, 4.69) is 5.32 Å². The van der Waals surface area contributed by atoms with Crippen molar-refractivity contribution in [2.24, 2.45) is 5.41 Å². The summed E-state index contributed by atoms with van der Waals surface area (Å²) < 4.78 is 28.7. The summed E-state index contributed by atoms with van der Waals surface area (Å²) in [6.07, 6.45) is 0. The van der Waals surface area contributed by atoms with Gasteiger partial charge in [-0.25, -0.2) is 8.78 Å². The molecule has 1 saturated heterocycles. The van der Waals surface area contributed by atoms with Crippen LogP contribution in [0.2, 0.25) is 5.02 Å². The van der Waals surface area contributed by atoms with Crippen molar-refractivity contribution in [3.05, 3.63) is 34.4 Å². The molecule has 0 aliphatic carbocycles. The Kier molecular flexibility index (Phi) is 5.20. The first-order valence-corrected chi connectivity index (χ1v) is 7.45. The predicted molar refractivity (Wildman–Crippen MR) is 79.4 cm³/mol. The molecule has 0 amide bonds.